The Balaban J connectivity index is 2.09. The summed E-state index contributed by atoms with van der Waals surface area (Å²) in [7, 11) is 0. The van der Waals surface area contributed by atoms with Crippen molar-refractivity contribution in [2.45, 2.75) is 25.7 Å². The van der Waals surface area contributed by atoms with Crippen LogP contribution in [0.25, 0.3) is 0 Å². The predicted octanol–water partition coefficient (Wildman–Crippen LogP) is 0.401. The predicted molar refractivity (Wildman–Crippen MR) is 69.7 cm³/mol. The third kappa shape index (κ3) is 3.32. The highest BCUT2D eigenvalue weighted by atomic mass is 16.5. The van der Waals surface area contributed by atoms with E-state index in [1.807, 2.05) is 6.92 Å². The molecule has 0 bridgehead atoms. The monoisotopic (exact) mass is 265 g/mol. The second kappa shape index (κ2) is 6.14. The van der Waals surface area contributed by atoms with E-state index in [2.05, 4.69) is 0 Å². The van der Waals surface area contributed by atoms with E-state index in [1.165, 1.54) is 0 Å². The van der Waals surface area contributed by atoms with Crippen molar-refractivity contribution in [1.29, 1.82) is 0 Å². The van der Waals surface area contributed by atoms with Gasteiger partial charge in [0, 0.05) is 18.7 Å². The molecule has 2 N–H and O–H groups in total. The van der Waals surface area contributed by atoms with Crippen LogP contribution in [0, 0.1) is 0 Å². The smallest absolute Gasteiger partial charge is 0.254 e. The lowest BCUT2D eigenvalue weighted by Gasteiger charge is -2.36. The number of aliphatic hydroxyl groups is 2. The largest absolute Gasteiger partial charge is 0.394 e. The van der Waals surface area contributed by atoms with E-state index in [0.29, 0.717) is 18.7 Å². The van der Waals surface area contributed by atoms with Crippen molar-refractivity contribution >= 4 is 5.91 Å². The van der Waals surface area contributed by atoms with E-state index >= 15 is 0 Å². The Morgan fingerprint density at radius 2 is 2.00 bits per heavy atom. The minimum absolute atomic E-state index is 0.0321. The highest BCUT2D eigenvalue weighted by Crippen LogP contribution is 2.15. The molecule has 0 aliphatic carbocycles. The van der Waals surface area contributed by atoms with E-state index in [-0.39, 0.29) is 31.3 Å². The summed E-state index contributed by atoms with van der Waals surface area (Å²) in [6.07, 6.45) is -0.393. The van der Waals surface area contributed by atoms with E-state index in [1.54, 1.807) is 29.2 Å². The third-order valence-electron chi connectivity index (χ3n) is 3.20. The number of carbonyl (C=O) groups excluding carboxylic acids is 1. The van der Waals surface area contributed by atoms with Crippen LogP contribution < -0.4 is 0 Å². The maximum atomic E-state index is 12.3. The standard InChI is InChI=1S/C14H19NO4/c1-10-6-15(7-13(9-17)19-10)14(18)12-4-2-11(8-16)3-5-12/h2-5,10,13,16-17H,6-9H2,1H3. The van der Waals surface area contributed by atoms with Gasteiger partial charge in [-0.1, -0.05) is 12.1 Å². The summed E-state index contributed by atoms with van der Waals surface area (Å²) in [4.78, 5) is 14.0. The Labute approximate surface area is 112 Å². The fourth-order valence-electron chi connectivity index (χ4n) is 2.25. The van der Waals surface area contributed by atoms with Crippen LogP contribution in [0.15, 0.2) is 24.3 Å². The molecule has 1 aromatic carbocycles. The number of hydrogen-bond donors (Lipinski definition) is 2. The molecule has 19 heavy (non-hydrogen) atoms. The van der Waals surface area contributed by atoms with Crippen molar-refractivity contribution in [3.63, 3.8) is 0 Å². The number of amides is 1. The second-order valence-electron chi connectivity index (χ2n) is 4.82. The van der Waals surface area contributed by atoms with Crippen molar-refractivity contribution in [2.24, 2.45) is 0 Å². The number of hydrogen-bond acceptors (Lipinski definition) is 4. The summed E-state index contributed by atoms with van der Waals surface area (Å²) < 4.78 is 5.51. The van der Waals surface area contributed by atoms with E-state index in [9.17, 15) is 4.79 Å². The van der Waals surface area contributed by atoms with Gasteiger partial charge in [-0.3, -0.25) is 4.79 Å². The Morgan fingerprint density at radius 3 is 2.58 bits per heavy atom. The summed E-state index contributed by atoms with van der Waals surface area (Å²) in [5, 5.41) is 18.1. The van der Waals surface area contributed by atoms with Gasteiger partial charge in [0.1, 0.15) is 0 Å². The zero-order chi connectivity index (χ0) is 13.8. The Kier molecular flexibility index (Phi) is 4.52. The summed E-state index contributed by atoms with van der Waals surface area (Å²) in [5.74, 6) is -0.0712. The first-order valence-electron chi connectivity index (χ1n) is 6.39. The fourth-order valence-corrected chi connectivity index (χ4v) is 2.25. The minimum Gasteiger partial charge on any atom is -0.394 e. The van der Waals surface area contributed by atoms with Gasteiger partial charge in [-0.2, -0.15) is 0 Å². The Morgan fingerprint density at radius 1 is 1.32 bits per heavy atom. The maximum absolute atomic E-state index is 12.3. The zero-order valence-electron chi connectivity index (χ0n) is 11.0. The first-order chi connectivity index (χ1) is 9.13. The maximum Gasteiger partial charge on any atom is 0.254 e. The van der Waals surface area contributed by atoms with Gasteiger partial charge < -0.3 is 19.8 Å². The highest BCUT2D eigenvalue weighted by molar-refractivity contribution is 5.94. The van der Waals surface area contributed by atoms with Crippen molar-refractivity contribution < 1.29 is 19.7 Å². The molecule has 1 aliphatic heterocycles. The molecule has 5 nitrogen and oxygen atoms in total. The molecule has 0 spiro atoms. The molecule has 1 amide bonds. The van der Waals surface area contributed by atoms with E-state index in [0.717, 1.165) is 5.56 Å². The molecule has 2 unspecified atom stereocenters. The van der Waals surface area contributed by atoms with E-state index < -0.39 is 0 Å². The van der Waals surface area contributed by atoms with E-state index in [4.69, 9.17) is 14.9 Å². The topological polar surface area (TPSA) is 70.0 Å². The first-order valence-corrected chi connectivity index (χ1v) is 6.39. The summed E-state index contributed by atoms with van der Waals surface area (Å²) in [6, 6.07) is 6.89. The normalized spacial score (nSPS) is 23.4. The van der Waals surface area contributed by atoms with Crippen molar-refractivity contribution in [3.05, 3.63) is 35.4 Å². The number of nitrogens with zero attached hydrogens (tertiary/aromatic N) is 1. The Hall–Kier alpha value is -1.43. The molecule has 1 saturated heterocycles. The van der Waals surface area contributed by atoms with Gasteiger partial charge in [-0.15, -0.1) is 0 Å². The molecule has 1 fully saturated rings. The molecular formula is C14H19NO4. The van der Waals surface area contributed by atoms with Crippen molar-refractivity contribution in [3.8, 4) is 0 Å². The molecule has 0 radical (unpaired) electrons. The lowest BCUT2D eigenvalue weighted by molar-refractivity contribution is -0.0858. The van der Waals surface area contributed by atoms with Gasteiger partial charge in [0.05, 0.1) is 25.4 Å². The minimum atomic E-state index is -0.315. The summed E-state index contributed by atoms with van der Waals surface area (Å²) in [6.45, 7) is 2.70. The van der Waals surface area contributed by atoms with Crippen LogP contribution in [-0.4, -0.2) is 52.9 Å². The number of benzene rings is 1. The lowest BCUT2D eigenvalue weighted by atomic mass is 10.1. The average molecular weight is 265 g/mol. The van der Waals surface area contributed by atoms with Crippen LogP contribution in [0.3, 0.4) is 0 Å². The number of ether oxygens (including phenoxy) is 1. The fraction of sp³-hybridized carbons (Fsp3) is 0.500. The quantitative estimate of drug-likeness (QED) is 0.830. The van der Waals surface area contributed by atoms with Gasteiger partial charge in [-0.25, -0.2) is 0 Å². The van der Waals surface area contributed by atoms with Gasteiger partial charge in [0.15, 0.2) is 0 Å². The molecule has 0 saturated carbocycles. The SMILES string of the molecule is CC1CN(C(=O)c2ccc(CO)cc2)CC(CO)O1. The van der Waals surface area contributed by atoms with Gasteiger partial charge in [0.25, 0.3) is 5.91 Å². The third-order valence-corrected chi connectivity index (χ3v) is 3.20. The van der Waals surface area contributed by atoms with Gasteiger partial charge in [0.2, 0.25) is 0 Å². The van der Waals surface area contributed by atoms with Crippen molar-refractivity contribution in [1.82, 2.24) is 4.90 Å². The summed E-state index contributed by atoms with van der Waals surface area (Å²) in [5.41, 5.74) is 1.36. The highest BCUT2D eigenvalue weighted by Gasteiger charge is 2.28. The van der Waals surface area contributed by atoms with Crippen molar-refractivity contribution in [2.75, 3.05) is 19.7 Å². The molecular weight excluding hydrogens is 246 g/mol. The molecule has 0 aromatic heterocycles. The van der Waals surface area contributed by atoms with Crippen LogP contribution in [0.5, 0.6) is 0 Å². The molecule has 1 aliphatic rings. The van der Waals surface area contributed by atoms with Crippen LogP contribution in [0.1, 0.15) is 22.8 Å². The number of morpholine rings is 1. The van der Waals surface area contributed by atoms with Crippen LogP contribution in [0.4, 0.5) is 0 Å². The van der Waals surface area contributed by atoms with Crippen LogP contribution >= 0.6 is 0 Å². The molecule has 1 aromatic rings. The number of rotatable bonds is 3. The average Bonchev–Trinajstić information content (AvgIpc) is 2.46. The molecule has 5 heteroatoms. The number of carbonyl (C=O) groups is 1. The van der Waals surface area contributed by atoms with Crippen LogP contribution in [0.2, 0.25) is 0 Å². The van der Waals surface area contributed by atoms with Gasteiger partial charge in [-0.05, 0) is 24.6 Å². The molecule has 1 heterocycles. The summed E-state index contributed by atoms with van der Waals surface area (Å²) >= 11 is 0. The molecule has 2 atom stereocenters. The van der Waals surface area contributed by atoms with Crippen LogP contribution in [-0.2, 0) is 11.3 Å². The lowest BCUT2D eigenvalue weighted by Crippen LogP contribution is -2.50. The second-order valence-corrected chi connectivity index (χ2v) is 4.82. The zero-order valence-corrected chi connectivity index (χ0v) is 11.0. The van der Waals surface area contributed by atoms with Gasteiger partial charge >= 0.3 is 0 Å². The number of aliphatic hydroxyl groups excluding tert-OH is 2. The first kappa shape index (κ1) is 14.0. The molecule has 104 valence electrons. The Bertz CT molecular complexity index is 432. The molecule has 2 rings (SSSR count).